The van der Waals surface area contributed by atoms with Crippen LogP contribution in [0.5, 0.6) is 5.75 Å². The molecule has 1 atom stereocenters. The van der Waals surface area contributed by atoms with Crippen molar-refractivity contribution in [1.29, 1.82) is 0 Å². The highest BCUT2D eigenvalue weighted by Crippen LogP contribution is 2.23. The molecule has 8 nitrogen and oxygen atoms in total. The van der Waals surface area contributed by atoms with Crippen molar-refractivity contribution in [2.75, 3.05) is 31.1 Å². The fraction of sp³-hybridized carbons (Fsp3) is 0.312. The maximum absolute atomic E-state index is 14.7. The number of nitrogens with zero attached hydrogens (tertiary/aromatic N) is 4. The Bertz CT molecular complexity index is 1680. The third kappa shape index (κ3) is 6.00. The van der Waals surface area contributed by atoms with Crippen molar-refractivity contribution in [3.8, 4) is 5.75 Å². The zero-order chi connectivity index (χ0) is 30.0. The number of anilines is 1. The van der Waals surface area contributed by atoms with Crippen molar-refractivity contribution in [3.05, 3.63) is 127 Å². The van der Waals surface area contributed by atoms with Crippen molar-refractivity contribution in [1.82, 2.24) is 14.0 Å². The van der Waals surface area contributed by atoms with E-state index in [-0.39, 0.29) is 24.4 Å². The van der Waals surface area contributed by atoms with E-state index in [0.29, 0.717) is 44.1 Å². The third-order valence-corrected chi connectivity index (χ3v) is 7.96. The van der Waals surface area contributed by atoms with Gasteiger partial charge in [0.15, 0.2) is 0 Å². The number of rotatable bonds is 8. The molecule has 1 unspecified atom stereocenters. The lowest BCUT2D eigenvalue weighted by Crippen LogP contribution is -2.51. The number of phenolic OH excluding ortho intramolecular Hbond substituents is 1. The summed E-state index contributed by atoms with van der Waals surface area (Å²) in [6.07, 6.45) is 0. The van der Waals surface area contributed by atoms with Crippen molar-refractivity contribution in [2.24, 2.45) is 5.73 Å². The Morgan fingerprint density at radius 2 is 1.52 bits per heavy atom. The van der Waals surface area contributed by atoms with Gasteiger partial charge in [-0.05, 0) is 37.6 Å². The second-order valence-electron chi connectivity index (χ2n) is 10.8. The number of piperazine rings is 1. The molecule has 0 aliphatic carbocycles. The molecule has 1 fully saturated rings. The minimum Gasteiger partial charge on any atom is -0.508 e. The molecule has 3 N–H and O–H groups in total. The van der Waals surface area contributed by atoms with Gasteiger partial charge in [0.25, 0.3) is 5.56 Å². The lowest BCUT2D eigenvalue weighted by Gasteiger charge is -2.37. The lowest BCUT2D eigenvalue weighted by molar-refractivity contribution is 0.246. The van der Waals surface area contributed by atoms with Gasteiger partial charge in [0.1, 0.15) is 23.1 Å². The topological polar surface area (TPSA) is 96.7 Å². The Morgan fingerprint density at radius 1 is 0.857 bits per heavy atom. The Morgan fingerprint density at radius 3 is 2.19 bits per heavy atom. The molecule has 42 heavy (non-hydrogen) atoms. The van der Waals surface area contributed by atoms with Crippen LogP contribution in [0.4, 0.5) is 14.5 Å². The van der Waals surface area contributed by atoms with Crippen LogP contribution in [0.3, 0.4) is 0 Å². The number of aromatic nitrogens is 2. The number of benzene rings is 3. The SMILES string of the molecule is Cc1ccc(O)c(CN2CCN(c3c(C)n(Cc4c(F)cccc4F)c(=O)n(CC(N)c4ccccc4)c3=O)CC2)c1. The Kier molecular flexibility index (Phi) is 8.56. The second kappa shape index (κ2) is 12.3. The Hall–Kier alpha value is -4.28. The largest absolute Gasteiger partial charge is 0.508 e. The van der Waals surface area contributed by atoms with Gasteiger partial charge < -0.3 is 15.7 Å². The van der Waals surface area contributed by atoms with Gasteiger partial charge in [-0.25, -0.2) is 13.6 Å². The summed E-state index contributed by atoms with van der Waals surface area (Å²) >= 11 is 0. The van der Waals surface area contributed by atoms with E-state index in [1.807, 2.05) is 54.3 Å². The summed E-state index contributed by atoms with van der Waals surface area (Å²) in [4.78, 5) is 31.8. The smallest absolute Gasteiger partial charge is 0.331 e. The average molecular weight is 576 g/mol. The van der Waals surface area contributed by atoms with E-state index in [1.165, 1.54) is 10.6 Å². The van der Waals surface area contributed by atoms with E-state index in [4.69, 9.17) is 5.73 Å². The van der Waals surface area contributed by atoms with Crippen LogP contribution in [-0.4, -0.2) is 45.3 Å². The summed E-state index contributed by atoms with van der Waals surface area (Å²) < 4.78 is 31.7. The summed E-state index contributed by atoms with van der Waals surface area (Å²) in [6, 6.07) is 17.6. The van der Waals surface area contributed by atoms with Gasteiger partial charge in [-0.3, -0.25) is 18.8 Å². The fourth-order valence-corrected chi connectivity index (χ4v) is 5.55. The predicted octanol–water partition coefficient (Wildman–Crippen LogP) is 3.68. The quantitative estimate of drug-likeness (QED) is 0.333. The summed E-state index contributed by atoms with van der Waals surface area (Å²) in [5, 5.41) is 10.3. The highest BCUT2D eigenvalue weighted by Gasteiger charge is 2.27. The summed E-state index contributed by atoms with van der Waals surface area (Å²) in [5.74, 6) is -1.30. The van der Waals surface area contributed by atoms with Gasteiger partial charge in [0, 0.05) is 55.6 Å². The number of hydrogen-bond acceptors (Lipinski definition) is 6. The monoisotopic (exact) mass is 575 g/mol. The van der Waals surface area contributed by atoms with Crippen molar-refractivity contribution >= 4 is 5.69 Å². The Labute approximate surface area is 242 Å². The first kappa shape index (κ1) is 29.2. The van der Waals surface area contributed by atoms with E-state index in [9.17, 15) is 23.5 Å². The van der Waals surface area contributed by atoms with E-state index in [1.54, 1.807) is 13.0 Å². The maximum atomic E-state index is 14.7. The van der Waals surface area contributed by atoms with Crippen LogP contribution in [0.15, 0.2) is 76.3 Å². The molecule has 0 bridgehead atoms. The molecule has 5 rings (SSSR count). The molecular weight excluding hydrogens is 540 g/mol. The number of halogens is 2. The molecule has 0 saturated carbocycles. The van der Waals surface area contributed by atoms with Crippen LogP contribution in [0.25, 0.3) is 0 Å². The van der Waals surface area contributed by atoms with E-state index in [2.05, 4.69) is 4.90 Å². The van der Waals surface area contributed by atoms with Gasteiger partial charge in [-0.1, -0.05) is 54.1 Å². The molecule has 0 amide bonds. The molecule has 3 aromatic carbocycles. The molecule has 1 aliphatic heterocycles. The van der Waals surface area contributed by atoms with Crippen LogP contribution in [0.2, 0.25) is 0 Å². The normalized spacial score (nSPS) is 14.7. The molecule has 220 valence electrons. The first-order valence-electron chi connectivity index (χ1n) is 14.0. The first-order valence-corrected chi connectivity index (χ1v) is 14.0. The minimum atomic E-state index is -0.769. The number of aryl methyl sites for hydroxylation is 1. The van der Waals surface area contributed by atoms with Gasteiger partial charge in [0.2, 0.25) is 0 Å². The molecule has 0 spiro atoms. The molecular formula is C32H35F2N5O3. The van der Waals surface area contributed by atoms with Gasteiger partial charge in [-0.2, -0.15) is 0 Å². The van der Waals surface area contributed by atoms with Crippen LogP contribution in [-0.2, 0) is 19.6 Å². The average Bonchev–Trinajstić information content (AvgIpc) is 2.98. The molecule has 2 heterocycles. The van der Waals surface area contributed by atoms with Crippen LogP contribution in [0.1, 0.15) is 34.0 Å². The van der Waals surface area contributed by atoms with Gasteiger partial charge in [0.05, 0.1) is 13.1 Å². The van der Waals surface area contributed by atoms with E-state index >= 15 is 0 Å². The number of nitrogens with two attached hydrogens (primary N) is 1. The highest BCUT2D eigenvalue weighted by atomic mass is 19.1. The van der Waals surface area contributed by atoms with Crippen LogP contribution in [0, 0.1) is 25.5 Å². The summed E-state index contributed by atoms with van der Waals surface area (Å²) in [6.45, 7) is 5.89. The Balaban J connectivity index is 1.50. The zero-order valence-electron chi connectivity index (χ0n) is 23.8. The predicted molar refractivity (Wildman–Crippen MR) is 159 cm³/mol. The van der Waals surface area contributed by atoms with Gasteiger partial charge >= 0.3 is 5.69 Å². The van der Waals surface area contributed by atoms with Crippen molar-refractivity contribution < 1.29 is 13.9 Å². The zero-order valence-corrected chi connectivity index (χ0v) is 23.8. The second-order valence-corrected chi connectivity index (χ2v) is 10.8. The van der Waals surface area contributed by atoms with Crippen molar-refractivity contribution in [2.45, 2.75) is 39.5 Å². The lowest BCUT2D eigenvalue weighted by atomic mass is 10.1. The van der Waals surface area contributed by atoms with Crippen molar-refractivity contribution in [3.63, 3.8) is 0 Å². The highest BCUT2D eigenvalue weighted by molar-refractivity contribution is 5.50. The van der Waals surface area contributed by atoms with Crippen LogP contribution >= 0.6 is 0 Å². The molecule has 0 radical (unpaired) electrons. The summed E-state index contributed by atoms with van der Waals surface area (Å²) in [7, 11) is 0. The molecule has 1 saturated heterocycles. The molecule has 1 aromatic heterocycles. The molecule has 1 aliphatic rings. The first-order chi connectivity index (χ1) is 20.1. The minimum absolute atomic E-state index is 0.0959. The fourth-order valence-electron chi connectivity index (χ4n) is 5.55. The standard InChI is InChI=1S/C32H35F2N5O3/c1-21-11-12-29(40)24(17-21)18-36-13-15-37(16-14-36)30-22(2)38(19-25-26(33)9-6-10-27(25)34)32(42)39(31(30)41)20-28(35)23-7-4-3-5-8-23/h3-12,17,28,40H,13-16,18-20,35H2,1-2H3. The number of phenols is 1. The number of hydrogen-bond donors (Lipinski definition) is 2. The van der Waals surface area contributed by atoms with E-state index in [0.717, 1.165) is 33.4 Å². The molecule has 4 aromatic rings. The van der Waals surface area contributed by atoms with Crippen LogP contribution < -0.4 is 21.9 Å². The molecule has 10 heteroatoms. The third-order valence-electron chi connectivity index (χ3n) is 7.96. The maximum Gasteiger partial charge on any atom is 0.331 e. The van der Waals surface area contributed by atoms with Gasteiger partial charge in [-0.15, -0.1) is 0 Å². The summed E-state index contributed by atoms with van der Waals surface area (Å²) in [5.41, 5.74) is 8.29. The number of aromatic hydroxyl groups is 1. The van der Waals surface area contributed by atoms with E-state index < -0.39 is 28.9 Å².